The summed E-state index contributed by atoms with van der Waals surface area (Å²) in [7, 11) is 0. The Kier molecular flexibility index (Phi) is 5.90. The Hall–Kier alpha value is -3.86. The van der Waals surface area contributed by atoms with Crippen LogP contribution < -0.4 is 10.1 Å². The predicted octanol–water partition coefficient (Wildman–Crippen LogP) is 4.55. The minimum atomic E-state index is -0.167. The molecule has 0 bridgehead atoms. The molecule has 0 aliphatic carbocycles. The monoisotopic (exact) mass is 397 g/mol. The van der Waals surface area contributed by atoms with Gasteiger partial charge in [0.2, 0.25) is 5.91 Å². The molecule has 5 heteroatoms. The average molecular weight is 397 g/mol. The van der Waals surface area contributed by atoms with Crippen LogP contribution in [0.1, 0.15) is 22.5 Å². The van der Waals surface area contributed by atoms with Gasteiger partial charge in [0, 0.05) is 18.0 Å². The molecule has 2 aromatic carbocycles. The summed E-state index contributed by atoms with van der Waals surface area (Å²) < 4.78 is 7.85. The number of nitrogens with one attached hydrogen (secondary N) is 1. The number of rotatable bonds is 7. The molecule has 30 heavy (non-hydrogen) atoms. The van der Waals surface area contributed by atoms with Crippen LogP contribution in [0, 0.1) is 6.92 Å². The van der Waals surface area contributed by atoms with E-state index in [0.29, 0.717) is 13.2 Å². The van der Waals surface area contributed by atoms with Crippen molar-refractivity contribution in [2.24, 2.45) is 0 Å². The number of carbonyl (C=O) groups is 1. The van der Waals surface area contributed by atoms with Crippen LogP contribution >= 0.6 is 0 Å². The van der Waals surface area contributed by atoms with Crippen LogP contribution in [0.2, 0.25) is 0 Å². The standard InChI is InChI=1S/C25H23N3O2/c1-19-7-5-12-24-27-22(17-28(19)24)16-26-25(29)14-13-20-10-6-11-23(15-20)30-18-21-8-3-2-4-9-21/h2-15,17H,16,18H2,1H3,(H,26,29)/b14-13+. The van der Waals surface area contributed by atoms with E-state index in [1.165, 1.54) is 6.08 Å². The van der Waals surface area contributed by atoms with Gasteiger partial charge in [-0.3, -0.25) is 4.79 Å². The number of nitrogens with zero attached hydrogens (tertiary/aromatic N) is 2. The van der Waals surface area contributed by atoms with Gasteiger partial charge in [0.15, 0.2) is 0 Å². The summed E-state index contributed by atoms with van der Waals surface area (Å²) in [5, 5.41) is 2.88. The van der Waals surface area contributed by atoms with Crippen molar-refractivity contribution >= 4 is 17.6 Å². The van der Waals surface area contributed by atoms with Gasteiger partial charge < -0.3 is 14.5 Å². The van der Waals surface area contributed by atoms with Crippen LogP contribution in [0.3, 0.4) is 0 Å². The quantitative estimate of drug-likeness (QED) is 0.466. The molecule has 0 unspecified atom stereocenters. The zero-order valence-electron chi connectivity index (χ0n) is 16.8. The Bertz CT molecular complexity index is 1180. The average Bonchev–Trinajstić information content (AvgIpc) is 3.20. The lowest BCUT2D eigenvalue weighted by Crippen LogP contribution is -2.20. The summed E-state index contributed by atoms with van der Waals surface area (Å²) in [5.74, 6) is 0.598. The Morgan fingerprint density at radius 3 is 2.73 bits per heavy atom. The molecule has 0 radical (unpaired) electrons. The maximum Gasteiger partial charge on any atom is 0.244 e. The van der Waals surface area contributed by atoms with Gasteiger partial charge in [-0.15, -0.1) is 0 Å². The van der Waals surface area contributed by atoms with Crippen molar-refractivity contribution in [3.05, 3.63) is 108 Å². The first-order valence-electron chi connectivity index (χ1n) is 9.84. The van der Waals surface area contributed by atoms with Crippen LogP contribution in [-0.2, 0) is 17.9 Å². The molecule has 4 aromatic rings. The van der Waals surface area contributed by atoms with Crippen molar-refractivity contribution in [3.8, 4) is 5.75 Å². The number of fused-ring (bicyclic) bond motifs is 1. The van der Waals surface area contributed by atoms with Gasteiger partial charge in [0.05, 0.1) is 12.2 Å². The molecule has 0 atom stereocenters. The van der Waals surface area contributed by atoms with E-state index in [9.17, 15) is 4.79 Å². The van der Waals surface area contributed by atoms with Gasteiger partial charge in [-0.2, -0.15) is 0 Å². The van der Waals surface area contributed by atoms with E-state index >= 15 is 0 Å². The number of aryl methyl sites for hydroxylation is 1. The number of amides is 1. The molecule has 0 aliphatic heterocycles. The lowest BCUT2D eigenvalue weighted by molar-refractivity contribution is -0.116. The summed E-state index contributed by atoms with van der Waals surface area (Å²) >= 11 is 0. The summed E-state index contributed by atoms with van der Waals surface area (Å²) in [6, 6.07) is 23.6. The van der Waals surface area contributed by atoms with E-state index in [1.54, 1.807) is 6.08 Å². The number of aromatic nitrogens is 2. The number of hydrogen-bond acceptors (Lipinski definition) is 3. The van der Waals surface area contributed by atoms with Crippen LogP contribution in [0.4, 0.5) is 0 Å². The number of imidazole rings is 1. The second kappa shape index (κ2) is 9.09. The lowest BCUT2D eigenvalue weighted by atomic mass is 10.2. The van der Waals surface area contributed by atoms with Crippen molar-refractivity contribution in [3.63, 3.8) is 0 Å². The molecule has 2 aromatic heterocycles. The molecular formula is C25H23N3O2. The zero-order valence-corrected chi connectivity index (χ0v) is 16.8. The van der Waals surface area contributed by atoms with E-state index < -0.39 is 0 Å². The molecule has 1 amide bonds. The third-order valence-corrected chi connectivity index (χ3v) is 4.72. The number of ether oxygens (including phenoxy) is 1. The highest BCUT2D eigenvalue weighted by Gasteiger charge is 2.04. The fraction of sp³-hybridized carbons (Fsp3) is 0.120. The third kappa shape index (κ3) is 4.94. The van der Waals surface area contributed by atoms with Crippen LogP contribution in [0.15, 0.2) is 85.1 Å². The van der Waals surface area contributed by atoms with E-state index in [4.69, 9.17) is 4.74 Å². The van der Waals surface area contributed by atoms with Crippen LogP contribution in [-0.4, -0.2) is 15.3 Å². The van der Waals surface area contributed by atoms with Crippen molar-refractivity contribution in [1.29, 1.82) is 0 Å². The second-order valence-electron chi connectivity index (χ2n) is 7.03. The Morgan fingerprint density at radius 2 is 1.90 bits per heavy atom. The van der Waals surface area contributed by atoms with Gasteiger partial charge >= 0.3 is 0 Å². The Morgan fingerprint density at radius 1 is 1.07 bits per heavy atom. The topological polar surface area (TPSA) is 55.6 Å². The predicted molar refractivity (Wildman–Crippen MR) is 118 cm³/mol. The first-order valence-corrected chi connectivity index (χ1v) is 9.84. The fourth-order valence-corrected chi connectivity index (χ4v) is 3.14. The van der Waals surface area contributed by atoms with Crippen LogP contribution in [0.25, 0.3) is 11.7 Å². The third-order valence-electron chi connectivity index (χ3n) is 4.72. The van der Waals surface area contributed by atoms with Crippen molar-refractivity contribution < 1.29 is 9.53 Å². The van der Waals surface area contributed by atoms with E-state index in [-0.39, 0.29) is 5.91 Å². The fourth-order valence-electron chi connectivity index (χ4n) is 3.14. The van der Waals surface area contributed by atoms with E-state index in [0.717, 1.165) is 33.9 Å². The molecule has 2 heterocycles. The van der Waals surface area contributed by atoms with Gasteiger partial charge in [-0.1, -0.05) is 48.5 Å². The highest BCUT2D eigenvalue weighted by atomic mass is 16.5. The second-order valence-corrected chi connectivity index (χ2v) is 7.03. The smallest absolute Gasteiger partial charge is 0.244 e. The highest BCUT2D eigenvalue weighted by Crippen LogP contribution is 2.16. The Balaban J connectivity index is 1.32. The summed E-state index contributed by atoms with van der Waals surface area (Å²) in [6.45, 7) is 2.91. The molecule has 150 valence electrons. The number of carbonyl (C=O) groups excluding carboxylic acids is 1. The number of benzene rings is 2. The molecular weight excluding hydrogens is 374 g/mol. The van der Waals surface area contributed by atoms with Gasteiger partial charge in [-0.25, -0.2) is 4.98 Å². The maximum absolute atomic E-state index is 12.2. The van der Waals surface area contributed by atoms with E-state index in [1.807, 2.05) is 90.3 Å². The van der Waals surface area contributed by atoms with Crippen molar-refractivity contribution in [2.45, 2.75) is 20.1 Å². The normalized spacial score (nSPS) is 11.1. The number of pyridine rings is 1. The minimum absolute atomic E-state index is 0.167. The van der Waals surface area contributed by atoms with Crippen molar-refractivity contribution in [2.75, 3.05) is 0 Å². The van der Waals surface area contributed by atoms with Gasteiger partial charge in [-0.05, 0) is 48.4 Å². The molecule has 0 spiro atoms. The molecule has 0 saturated heterocycles. The molecule has 4 rings (SSSR count). The van der Waals surface area contributed by atoms with Gasteiger partial charge in [0.1, 0.15) is 18.0 Å². The molecule has 5 nitrogen and oxygen atoms in total. The summed E-state index contributed by atoms with van der Waals surface area (Å²) in [6.07, 6.45) is 5.25. The SMILES string of the molecule is Cc1cccc2nc(CNC(=O)/C=C/c3cccc(OCc4ccccc4)c3)cn12. The maximum atomic E-state index is 12.2. The van der Waals surface area contributed by atoms with Gasteiger partial charge in [0.25, 0.3) is 0 Å². The highest BCUT2D eigenvalue weighted by molar-refractivity contribution is 5.91. The minimum Gasteiger partial charge on any atom is -0.489 e. The van der Waals surface area contributed by atoms with Crippen molar-refractivity contribution in [1.82, 2.24) is 14.7 Å². The van der Waals surface area contributed by atoms with E-state index in [2.05, 4.69) is 10.3 Å². The number of hydrogen-bond donors (Lipinski definition) is 1. The first kappa shape index (κ1) is 19.5. The molecule has 0 fully saturated rings. The van der Waals surface area contributed by atoms with Crippen LogP contribution in [0.5, 0.6) is 5.75 Å². The first-order chi connectivity index (χ1) is 14.7. The largest absolute Gasteiger partial charge is 0.489 e. The molecule has 0 saturated carbocycles. The summed E-state index contributed by atoms with van der Waals surface area (Å²) in [4.78, 5) is 16.7. The molecule has 1 N–H and O–H groups in total. The Labute approximate surface area is 175 Å². The summed E-state index contributed by atoms with van der Waals surface area (Å²) in [5.41, 5.74) is 4.82. The lowest BCUT2D eigenvalue weighted by Gasteiger charge is -2.07. The molecule has 0 aliphatic rings. The zero-order chi connectivity index (χ0) is 20.8.